The molecule has 2 N–H and O–H groups in total. The first kappa shape index (κ1) is 37.5. The van der Waals surface area contributed by atoms with E-state index < -0.39 is 53.9 Å². The Bertz CT molecular complexity index is 1090. The zero-order valence-electron chi connectivity index (χ0n) is 27.1. The number of carbonyl (C=O) groups is 4. The van der Waals surface area contributed by atoms with Crippen LogP contribution in [0, 0.1) is 5.92 Å². The molecule has 0 aromatic heterocycles. The van der Waals surface area contributed by atoms with Gasteiger partial charge in [0.05, 0.1) is 6.61 Å². The van der Waals surface area contributed by atoms with E-state index in [1.165, 1.54) is 12.1 Å². The van der Waals surface area contributed by atoms with Gasteiger partial charge in [-0.2, -0.15) is 0 Å². The van der Waals surface area contributed by atoms with Gasteiger partial charge in [0.2, 0.25) is 0 Å². The normalized spacial score (nSPS) is 14.4. The van der Waals surface area contributed by atoms with Crippen LogP contribution in [0.25, 0.3) is 0 Å². The fourth-order valence-electron chi connectivity index (χ4n) is 2.97. The molecule has 1 aromatic carbocycles. The summed E-state index contributed by atoms with van der Waals surface area (Å²) in [5, 5.41) is 0. The van der Waals surface area contributed by atoms with Crippen LogP contribution in [-0.2, 0) is 34.9 Å². The Morgan fingerprint density at radius 2 is 1.28 bits per heavy atom. The molecule has 1 rings (SSSR count). The molecule has 0 aliphatic heterocycles. The highest BCUT2D eigenvalue weighted by Gasteiger charge is 2.28. The van der Waals surface area contributed by atoms with Gasteiger partial charge >= 0.3 is 24.4 Å². The van der Waals surface area contributed by atoms with Crippen LogP contribution in [0.4, 0.5) is 14.4 Å². The van der Waals surface area contributed by atoms with Crippen LogP contribution in [0.2, 0.25) is 0 Å². The molecule has 0 spiro atoms. The smallest absolute Gasteiger partial charge is 0.458 e. The summed E-state index contributed by atoms with van der Waals surface area (Å²) in [4.78, 5) is 49.6. The first-order valence-corrected chi connectivity index (χ1v) is 14.7. The number of hydrogen-bond donors (Lipinski definition) is 1. The number of carbonyl (C=O) groups excluding carboxylic acids is 4. The molecule has 12 heteroatoms. The van der Waals surface area contributed by atoms with Crippen LogP contribution in [0.15, 0.2) is 18.2 Å². The van der Waals surface area contributed by atoms with E-state index in [2.05, 4.69) is 0 Å². The minimum absolute atomic E-state index is 0.0167. The maximum Gasteiger partial charge on any atom is 0.514 e. The largest absolute Gasteiger partial charge is 0.514 e. The molecule has 43 heavy (non-hydrogen) atoms. The molecule has 0 saturated carbocycles. The van der Waals surface area contributed by atoms with Crippen molar-refractivity contribution in [3.63, 3.8) is 0 Å². The van der Waals surface area contributed by atoms with E-state index in [1.54, 1.807) is 47.6 Å². The van der Waals surface area contributed by atoms with E-state index in [4.69, 9.17) is 38.9 Å². The van der Waals surface area contributed by atoms with Crippen LogP contribution < -0.4 is 15.2 Å². The van der Waals surface area contributed by atoms with E-state index in [-0.39, 0.29) is 30.4 Å². The van der Waals surface area contributed by atoms with Gasteiger partial charge in [0, 0.05) is 0 Å². The summed E-state index contributed by atoms with van der Waals surface area (Å²) in [6.07, 6.45) is -2.53. The summed E-state index contributed by atoms with van der Waals surface area (Å²) in [6, 6.07) is 3.23. The van der Waals surface area contributed by atoms with Crippen molar-refractivity contribution in [2.75, 3.05) is 6.61 Å². The standard InChI is InChI=1S/C31H49NO11/c1-11-19(4)18-37-27(34)39-21(6)20(5)38-26(33)23(32)16-22-14-15-24(40-28(35)42-30(7,8)12-2)25(17-22)41-29(36)43-31(9,10)13-3/h14-15,17,19-21,23H,11-13,16,18,32H2,1-10H3/t19?,20-,21-,23-/m0/s1. The van der Waals surface area contributed by atoms with Gasteiger partial charge in [-0.3, -0.25) is 4.79 Å². The van der Waals surface area contributed by atoms with Crippen molar-refractivity contribution in [3.8, 4) is 11.5 Å². The van der Waals surface area contributed by atoms with Crippen molar-refractivity contribution in [2.24, 2.45) is 11.7 Å². The van der Waals surface area contributed by atoms with Crippen molar-refractivity contribution < 1.29 is 52.3 Å². The number of nitrogens with two attached hydrogens (primary N) is 1. The maximum absolute atomic E-state index is 12.7. The van der Waals surface area contributed by atoms with E-state index in [0.29, 0.717) is 18.4 Å². The molecule has 0 radical (unpaired) electrons. The quantitative estimate of drug-likeness (QED) is 0.131. The van der Waals surface area contributed by atoms with E-state index in [1.807, 2.05) is 27.7 Å². The lowest BCUT2D eigenvalue weighted by molar-refractivity contribution is -0.155. The highest BCUT2D eigenvalue weighted by molar-refractivity contribution is 5.76. The van der Waals surface area contributed by atoms with Gasteiger partial charge in [-0.25, -0.2) is 14.4 Å². The fraction of sp³-hybridized carbons (Fsp3) is 0.677. The molecule has 0 amide bonds. The predicted molar refractivity (Wildman–Crippen MR) is 158 cm³/mol. The number of benzene rings is 1. The average molecular weight is 612 g/mol. The lowest BCUT2D eigenvalue weighted by Gasteiger charge is -2.24. The molecule has 0 aliphatic carbocycles. The monoisotopic (exact) mass is 611 g/mol. The zero-order chi connectivity index (χ0) is 33.0. The summed E-state index contributed by atoms with van der Waals surface area (Å²) >= 11 is 0. The minimum Gasteiger partial charge on any atom is -0.458 e. The van der Waals surface area contributed by atoms with E-state index in [9.17, 15) is 19.2 Å². The predicted octanol–water partition coefficient (Wildman–Crippen LogP) is 6.48. The summed E-state index contributed by atoms with van der Waals surface area (Å²) in [5.41, 5.74) is 5.01. The first-order valence-electron chi connectivity index (χ1n) is 14.7. The lowest BCUT2D eigenvalue weighted by atomic mass is 10.1. The third-order valence-corrected chi connectivity index (χ3v) is 7.00. The molecule has 12 nitrogen and oxygen atoms in total. The van der Waals surface area contributed by atoms with Crippen molar-refractivity contribution in [3.05, 3.63) is 23.8 Å². The average Bonchev–Trinajstić information content (AvgIpc) is 2.92. The summed E-state index contributed by atoms with van der Waals surface area (Å²) in [5.74, 6) is -0.776. The summed E-state index contributed by atoms with van der Waals surface area (Å²) in [7, 11) is 0. The van der Waals surface area contributed by atoms with E-state index >= 15 is 0 Å². The number of hydrogen-bond acceptors (Lipinski definition) is 12. The van der Waals surface area contributed by atoms with Gasteiger partial charge in [-0.05, 0) is 84.4 Å². The van der Waals surface area contributed by atoms with Crippen molar-refractivity contribution >= 4 is 24.4 Å². The third-order valence-electron chi connectivity index (χ3n) is 7.00. The van der Waals surface area contributed by atoms with Gasteiger partial charge in [0.25, 0.3) is 0 Å². The highest BCUT2D eigenvalue weighted by atomic mass is 16.8. The summed E-state index contributed by atoms with van der Waals surface area (Å²) in [6.45, 7) is 17.9. The van der Waals surface area contributed by atoms with Gasteiger partial charge in [0.1, 0.15) is 29.5 Å². The molecule has 0 heterocycles. The third kappa shape index (κ3) is 14.0. The molecular weight excluding hydrogens is 562 g/mol. The molecule has 1 unspecified atom stereocenters. The molecular formula is C31H49NO11. The Morgan fingerprint density at radius 3 is 1.79 bits per heavy atom. The number of ether oxygens (including phenoxy) is 7. The summed E-state index contributed by atoms with van der Waals surface area (Å²) < 4.78 is 37.1. The fourth-order valence-corrected chi connectivity index (χ4v) is 2.97. The molecule has 4 atom stereocenters. The van der Waals surface area contributed by atoms with Gasteiger partial charge in [-0.1, -0.05) is 40.2 Å². The van der Waals surface area contributed by atoms with Crippen LogP contribution in [0.1, 0.15) is 94.1 Å². The molecule has 0 fully saturated rings. The number of rotatable bonds is 15. The topological polar surface area (TPSA) is 159 Å². The Hall–Kier alpha value is -3.54. The van der Waals surface area contributed by atoms with Crippen LogP contribution >= 0.6 is 0 Å². The second-order valence-electron chi connectivity index (χ2n) is 11.8. The molecule has 0 aliphatic rings. The maximum atomic E-state index is 12.7. The van der Waals surface area contributed by atoms with E-state index in [0.717, 1.165) is 6.42 Å². The first-order chi connectivity index (χ1) is 19.9. The van der Waals surface area contributed by atoms with Gasteiger partial charge < -0.3 is 38.9 Å². The van der Waals surface area contributed by atoms with Gasteiger partial charge in [0.15, 0.2) is 11.5 Å². The zero-order valence-corrected chi connectivity index (χ0v) is 27.1. The second-order valence-corrected chi connectivity index (χ2v) is 11.8. The highest BCUT2D eigenvalue weighted by Crippen LogP contribution is 2.31. The van der Waals surface area contributed by atoms with Crippen molar-refractivity contribution in [2.45, 2.75) is 124 Å². The molecule has 1 aromatic rings. The lowest BCUT2D eigenvalue weighted by Crippen LogP contribution is -2.39. The number of esters is 1. The molecule has 244 valence electrons. The van der Waals surface area contributed by atoms with Crippen LogP contribution in [0.3, 0.4) is 0 Å². The van der Waals surface area contributed by atoms with Gasteiger partial charge in [-0.15, -0.1) is 0 Å². The van der Waals surface area contributed by atoms with Crippen LogP contribution in [0.5, 0.6) is 11.5 Å². The Labute approximate surface area is 254 Å². The minimum atomic E-state index is -1.12. The Balaban J connectivity index is 2.98. The van der Waals surface area contributed by atoms with Crippen molar-refractivity contribution in [1.82, 2.24) is 0 Å². The SMILES string of the molecule is CCC(C)COC(=O)O[C@@H](C)[C@H](C)OC(=O)[C@@H](N)Cc1ccc(OC(=O)OC(C)(C)CC)c(OC(=O)OC(C)(C)CC)c1. The van der Waals surface area contributed by atoms with Crippen LogP contribution in [-0.4, -0.2) is 60.5 Å². The Kier molecular flexibility index (Phi) is 14.8. The second kappa shape index (κ2) is 16.9. The molecule has 0 saturated heterocycles. The van der Waals surface area contributed by atoms with Crippen molar-refractivity contribution in [1.29, 1.82) is 0 Å². The Morgan fingerprint density at radius 1 is 0.767 bits per heavy atom. The molecule has 0 bridgehead atoms.